The molecule has 0 saturated carbocycles. The van der Waals surface area contributed by atoms with E-state index in [1.54, 1.807) is 6.20 Å². The Hall–Kier alpha value is -0.990. The molecule has 0 aliphatic heterocycles. The zero-order chi connectivity index (χ0) is 7.98. The molecular formula is C7H13NO2. The molecule has 1 heterocycles. The van der Waals surface area contributed by atoms with Crippen molar-refractivity contribution >= 4 is 0 Å². The van der Waals surface area contributed by atoms with Crippen molar-refractivity contribution in [3.8, 4) is 0 Å². The average Bonchev–Trinajstić information content (AvgIpc) is 2.39. The Morgan fingerprint density at radius 2 is 2.20 bits per heavy atom. The highest BCUT2D eigenvalue weighted by molar-refractivity contribution is 4.67. The monoisotopic (exact) mass is 143 g/mol. The maximum absolute atomic E-state index is 10.4. The summed E-state index contributed by atoms with van der Waals surface area (Å²) in [6.07, 6.45) is 2.99. The van der Waals surface area contributed by atoms with Crippen LogP contribution in [0.4, 0.5) is 0 Å². The van der Waals surface area contributed by atoms with Crippen LogP contribution in [0.1, 0.15) is 20.8 Å². The van der Waals surface area contributed by atoms with Crippen molar-refractivity contribution in [2.45, 2.75) is 27.3 Å². The Morgan fingerprint density at radius 1 is 1.60 bits per heavy atom. The molecule has 3 nitrogen and oxygen atoms in total. The second-order valence-corrected chi connectivity index (χ2v) is 1.45. The van der Waals surface area contributed by atoms with Gasteiger partial charge in [0.1, 0.15) is 6.26 Å². The first kappa shape index (κ1) is 9.01. The van der Waals surface area contributed by atoms with Gasteiger partial charge in [-0.15, -0.1) is 0 Å². The summed E-state index contributed by atoms with van der Waals surface area (Å²) in [5.41, 5.74) is 0. The lowest BCUT2D eigenvalue weighted by Gasteiger charge is -1.85. The molecule has 0 bridgehead atoms. The Bertz CT molecular complexity index is 211. The van der Waals surface area contributed by atoms with E-state index in [2.05, 4.69) is 4.42 Å². The smallest absolute Gasteiger partial charge is 0.416 e. The summed E-state index contributed by atoms with van der Waals surface area (Å²) in [6.45, 7) is 6.56. The quantitative estimate of drug-likeness (QED) is 0.597. The average molecular weight is 143 g/mol. The van der Waals surface area contributed by atoms with E-state index in [9.17, 15) is 4.79 Å². The molecule has 3 heteroatoms. The van der Waals surface area contributed by atoms with E-state index in [-0.39, 0.29) is 5.76 Å². The van der Waals surface area contributed by atoms with Gasteiger partial charge in [-0.3, -0.25) is 4.57 Å². The van der Waals surface area contributed by atoms with Gasteiger partial charge in [0.05, 0.1) is 0 Å². The minimum Gasteiger partial charge on any atom is -0.416 e. The molecule has 0 spiro atoms. The van der Waals surface area contributed by atoms with Gasteiger partial charge in [-0.2, -0.15) is 0 Å². The number of aryl methyl sites for hydroxylation is 1. The van der Waals surface area contributed by atoms with Gasteiger partial charge < -0.3 is 4.42 Å². The van der Waals surface area contributed by atoms with Gasteiger partial charge in [0.15, 0.2) is 0 Å². The zero-order valence-corrected chi connectivity index (χ0v) is 6.63. The number of oxazole rings is 1. The number of hydrogen-bond acceptors (Lipinski definition) is 2. The lowest BCUT2D eigenvalue weighted by molar-refractivity contribution is 0.483. The summed E-state index contributed by atoms with van der Waals surface area (Å²) in [5, 5.41) is 0. The lowest BCUT2D eigenvalue weighted by atomic mass is 10.7. The molecule has 0 fully saturated rings. The van der Waals surface area contributed by atoms with Crippen molar-refractivity contribution in [1.29, 1.82) is 0 Å². The molecule has 0 aliphatic carbocycles. The predicted molar refractivity (Wildman–Crippen MR) is 40.0 cm³/mol. The summed E-state index contributed by atoms with van der Waals surface area (Å²) in [4.78, 5) is 10.4. The van der Waals surface area contributed by atoms with Gasteiger partial charge in [0, 0.05) is 12.7 Å². The Labute approximate surface area is 60.3 Å². The van der Waals surface area contributed by atoms with Crippen LogP contribution in [0.2, 0.25) is 0 Å². The van der Waals surface area contributed by atoms with Crippen molar-refractivity contribution < 1.29 is 4.42 Å². The summed E-state index contributed by atoms with van der Waals surface area (Å²) in [7, 11) is 0. The Balaban J connectivity index is 0.000000371. The van der Waals surface area contributed by atoms with E-state index < -0.39 is 0 Å². The third kappa shape index (κ3) is 2.09. The number of rotatable bonds is 1. The molecule has 1 aromatic rings. The van der Waals surface area contributed by atoms with E-state index >= 15 is 0 Å². The van der Waals surface area contributed by atoms with Crippen molar-refractivity contribution in [3.05, 3.63) is 23.0 Å². The summed E-state index contributed by atoms with van der Waals surface area (Å²) < 4.78 is 5.95. The van der Waals surface area contributed by atoms with Gasteiger partial charge in [-0.1, -0.05) is 13.8 Å². The van der Waals surface area contributed by atoms with Crippen LogP contribution < -0.4 is 5.76 Å². The molecule has 1 rings (SSSR count). The number of nitrogens with zero attached hydrogens (tertiary/aromatic N) is 1. The van der Waals surface area contributed by atoms with E-state index in [1.165, 1.54) is 10.8 Å². The van der Waals surface area contributed by atoms with Crippen LogP contribution in [0, 0.1) is 0 Å². The fourth-order valence-electron chi connectivity index (χ4n) is 0.525. The highest BCUT2D eigenvalue weighted by Gasteiger charge is 1.89. The van der Waals surface area contributed by atoms with Gasteiger partial charge in [0.2, 0.25) is 0 Å². The Kier molecular flexibility index (Phi) is 4.37. The summed E-state index contributed by atoms with van der Waals surface area (Å²) in [5.74, 6) is -0.285. The molecule has 0 saturated heterocycles. The van der Waals surface area contributed by atoms with E-state index in [1.807, 2.05) is 20.8 Å². The van der Waals surface area contributed by atoms with Crippen LogP contribution in [0.15, 0.2) is 21.7 Å². The maximum Gasteiger partial charge on any atom is 0.418 e. The topological polar surface area (TPSA) is 35.1 Å². The third-order valence-electron chi connectivity index (χ3n) is 0.985. The fourth-order valence-corrected chi connectivity index (χ4v) is 0.525. The standard InChI is InChI=1S/C5H7NO2.C2H6/c1-2-6-3-4-8-5(6)7;1-2/h3-4H,2H2,1H3;1-2H3. The lowest BCUT2D eigenvalue weighted by Crippen LogP contribution is -2.10. The molecule has 58 valence electrons. The summed E-state index contributed by atoms with van der Waals surface area (Å²) >= 11 is 0. The fraction of sp³-hybridized carbons (Fsp3) is 0.571. The van der Waals surface area contributed by atoms with Crippen LogP contribution in [-0.2, 0) is 6.54 Å². The zero-order valence-electron chi connectivity index (χ0n) is 6.63. The molecule has 0 N–H and O–H groups in total. The highest BCUT2D eigenvalue weighted by atomic mass is 16.4. The molecule has 0 aromatic carbocycles. The predicted octanol–water partition coefficient (Wildman–Crippen LogP) is 1.49. The molecule has 0 atom stereocenters. The van der Waals surface area contributed by atoms with Crippen LogP contribution >= 0.6 is 0 Å². The Morgan fingerprint density at radius 3 is 2.40 bits per heavy atom. The third-order valence-corrected chi connectivity index (χ3v) is 0.985. The van der Waals surface area contributed by atoms with E-state index in [0.29, 0.717) is 6.54 Å². The van der Waals surface area contributed by atoms with Gasteiger partial charge in [-0.25, -0.2) is 4.79 Å². The van der Waals surface area contributed by atoms with Gasteiger partial charge in [-0.05, 0) is 6.92 Å². The van der Waals surface area contributed by atoms with Crippen LogP contribution in [0.25, 0.3) is 0 Å². The van der Waals surface area contributed by atoms with E-state index in [4.69, 9.17) is 0 Å². The minimum absolute atomic E-state index is 0.285. The molecule has 0 amide bonds. The van der Waals surface area contributed by atoms with Crippen molar-refractivity contribution in [2.24, 2.45) is 0 Å². The minimum atomic E-state index is -0.285. The maximum atomic E-state index is 10.4. The number of hydrogen-bond donors (Lipinski definition) is 0. The first-order chi connectivity index (χ1) is 4.84. The second-order valence-electron chi connectivity index (χ2n) is 1.45. The number of aromatic nitrogens is 1. The van der Waals surface area contributed by atoms with Crippen molar-refractivity contribution in [2.75, 3.05) is 0 Å². The molecule has 0 radical (unpaired) electrons. The highest BCUT2D eigenvalue weighted by Crippen LogP contribution is 1.78. The van der Waals surface area contributed by atoms with Crippen LogP contribution in [0.3, 0.4) is 0 Å². The van der Waals surface area contributed by atoms with Crippen LogP contribution in [0.5, 0.6) is 0 Å². The van der Waals surface area contributed by atoms with Crippen molar-refractivity contribution in [3.63, 3.8) is 0 Å². The molecule has 10 heavy (non-hydrogen) atoms. The molecule has 0 unspecified atom stereocenters. The summed E-state index contributed by atoms with van der Waals surface area (Å²) in [6, 6.07) is 0. The van der Waals surface area contributed by atoms with Gasteiger partial charge in [0.25, 0.3) is 0 Å². The van der Waals surface area contributed by atoms with Crippen molar-refractivity contribution in [1.82, 2.24) is 4.57 Å². The van der Waals surface area contributed by atoms with Crippen LogP contribution in [-0.4, -0.2) is 4.57 Å². The normalized spacial score (nSPS) is 8.30. The molecular weight excluding hydrogens is 130 g/mol. The first-order valence-corrected chi connectivity index (χ1v) is 3.48. The van der Waals surface area contributed by atoms with Gasteiger partial charge >= 0.3 is 5.76 Å². The SMILES string of the molecule is CC.CCn1ccoc1=O. The molecule has 1 aromatic heterocycles. The largest absolute Gasteiger partial charge is 0.418 e. The molecule has 0 aliphatic rings. The second kappa shape index (κ2) is 4.85. The first-order valence-electron chi connectivity index (χ1n) is 3.48. The van der Waals surface area contributed by atoms with E-state index in [0.717, 1.165) is 0 Å².